The normalized spacial score (nSPS) is 20.0. The van der Waals surface area contributed by atoms with Crippen molar-refractivity contribution in [2.24, 2.45) is 0 Å². The summed E-state index contributed by atoms with van der Waals surface area (Å²) in [5.41, 5.74) is -1.66. The number of hydrogen-bond donors (Lipinski definition) is 2. The lowest BCUT2D eigenvalue weighted by molar-refractivity contribution is -0.0176. The second-order valence-electron chi connectivity index (χ2n) is 7.58. The molecule has 0 spiro atoms. The second-order valence-corrected chi connectivity index (χ2v) is 7.96. The van der Waals surface area contributed by atoms with Gasteiger partial charge in [-0.05, 0) is 19.4 Å². The summed E-state index contributed by atoms with van der Waals surface area (Å²) in [5.74, 6) is -4.18. The van der Waals surface area contributed by atoms with Gasteiger partial charge in [-0.1, -0.05) is 17.7 Å². The van der Waals surface area contributed by atoms with Gasteiger partial charge in [-0.3, -0.25) is 14.4 Å². The minimum Gasteiger partial charge on any atom is -0.503 e. The molecule has 8 nitrogen and oxygen atoms in total. The molecule has 0 bridgehead atoms. The number of fused-ring (bicyclic) bond motifs is 3. The molecular weight excluding hydrogens is 448 g/mol. The number of likely N-dealkylation sites (N-methyl/N-ethyl adjacent to an activating group) is 1. The Morgan fingerprint density at radius 1 is 1.31 bits per heavy atom. The highest BCUT2D eigenvalue weighted by molar-refractivity contribution is 6.30. The fourth-order valence-electron chi connectivity index (χ4n) is 4.23. The maximum atomic E-state index is 14.1. The molecule has 2 aromatic rings. The predicted octanol–water partition coefficient (Wildman–Crippen LogP) is 2.22. The third-order valence-electron chi connectivity index (χ3n) is 5.86. The van der Waals surface area contributed by atoms with E-state index < -0.39 is 45.2 Å². The van der Waals surface area contributed by atoms with Gasteiger partial charge in [0.2, 0.25) is 5.43 Å². The Kier molecular flexibility index (Phi) is 5.91. The molecule has 170 valence electrons. The highest BCUT2D eigenvalue weighted by atomic mass is 35.5. The molecule has 4 rings (SSSR count). The number of amides is 2. The van der Waals surface area contributed by atoms with Crippen LogP contribution in [0.5, 0.6) is 5.75 Å². The SMILES string of the molecule is CCN1C(=O)c2c(O)c(=O)c(C(=O)NCc3ccc(F)c(Cl)c3F)cn2C2CCOC[C@H]21. The number of carbonyl (C=O) groups is 2. The number of rotatable bonds is 4. The molecule has 2 aliphatic rings. The van der Waals surface area contributed by atoms with E-state index in [1.807, 2.05) is 0 Å². The molecule has 2 aliphatic heterocycles. The van der Waals surface area contributed by atoms with Gasteiger partial charge in [0.25, 0.3) is 11.8 Å². The van der Waals surface area contributed by atoms with E-state index >= 15 is 0 Å². The predicted molar refractivity (Wildman–Crippen MR) is 110 cm³/mol. The molecule has 2 amide bonds. The maximum Gasteiger partial charge on any atom is 0.274 e. The molecule has 2 atom stereocenters. The van der Waals surface area contributed by atoms with Crippen molar-refractivity contribution in [3.8, 4) is 5.75 Å². The summed E-state index contributed by atoms with van der Waals surface area (Å²) in [7, 11) is 0. The summed E-state index contributed by atoms with van der Waals surface area (Å²) >= 11 is 5.55. The van der Waals surface area contributed by atoms with Crippen LogP contribution in [0.4, 0.5) is 8.78 Å². The van der Waals surface area contributed by atoms with Crippen molar-refractivity contribution in [3.05, 3.63) is 62.0 Å². The molecule has 3 heterocycles. The third-order valence-corrected chi connectivity index (χ3v) is 6.21. The maximum absolute atomic E-state index is 14.1. The fraction of sp³-hybridized carbons (Fsp3) is 0.381. The monoisotopic (exact) mass is 467 g/mol. The van der Waals surface area contributed by atoms with Gasteiger partial charge < -0.3 is 24.6 Å². The van der Waals surface area contributed by atoms with Crippen LogP contribution in [0.15, 0.2) is 23.1 Å². The van der Waals surface area contributed by atoms with E-state index in [2.05, 4.69) is 5.32 Å². The van der Waals surface area contributed by atoms with Gasteiger partial charge in [0.05, 0.1) is 18.7 Å². The first-order valence-electron chi connectivity index (χ1n) is 10.0. The molecule has 2 N–H and O–H groups in total. The average molecular weight is 468 g/mol. The summed E-state index contributed by atoms with van der Waals surface area (Å²) in [4.78, 5) is 39.9. The highest BCUT2D eigenvalue weighted by Crippen LogP contribution is 2.35. The summed E-state index contributed by atoms with van der Waals surface area (Å²) < 4.78 is 34.4. The van der Waals surface area contributed by atoms with E-state index in [1.54, 1.807) is 11.8 Å². The Labute approximate surface area is 186 Å². The van der Waals surface area contributed by atoms with Crippen LogP contribution in [0.1, 0.15) is 45.8 Å². The molecule has 0 aliphatic carbocycles. The molecule has 32 heavy (non-hydrogen) atoms. The zero-order valence-electron chi connectivity index (χ0n) is 17.0. The van der Waals surface area contributed by atoms with Crippen molar-refractivity contribution in [3.63, 3.8) is 0 Å². The number of ether oxygens (including phenoxy) is 1. The largest absolute Gasteiger partial charge is 0.503 e. The van der Waals surface area contributed by atoms with Crippen LogP contribution in [0.3, 0.4) is 0 Å². The van der Waals surface area contributed by atoms with Crippen LogP contribution < -0.4 is 10.7 Å². The number of carbonyl (C=O) groups excluding carboxylic acids is 2. The Hall–Kier alpha value is -2.98. The lowest BCUT2D eigenvalue weighted by Crippen LogP contribution is -2.55. The van der Waals surface area contributed by atoms with E-state index in [1.165, 1.54) is 10.8 Å². The molecule has 1 aromatic carbocycles. The zero-order chi connectivity index (χ0) is 23.2. The van der Waals surface area contributed by atoms with Crippen LogP contribution >= 0.6 is 11.6 Å². The van der Waals surface area contributed by atoms with Crippen LogP contribution in [0, 0.1) is 11.6 Å². The highest BCUT2D eigenvalue weighted by Gasteiger charge is 2.43. The van der Waals surface area contributed by atoms with E-state index in [-0.39, 0.29) is 29.9 Å². The minimum absolute atomic E-state index is 0.0784. The molecule has 1 fully saturated rings. The van der Waals surface area contributed by atoms with Crippen molar-refractivity contribution >= 4 is 23.4 Å². The molecule has 1 unspecified atom stereocenters. The Morgan fingerprint density at radius 2 is 2.06 bits per heavy atom. The first-order chi connectivity index (χ1) is 15.3. The molecule has 0 radical (unpaired) electrons. The van der Waals surface area contributed by atoms with E-state index in [9.17, 15) is 28.3 Å². The first-order valence-corrected chi connectivity index (χ1v) is 10.4. The van der Waals surface area contributed by atoms with E-state index in [4.69, 9.17) is 16.3 Å². The van der Waals surface area contributed by atoms with Gasteiger partial charge in [-0.2, -0.15) is 0 Å². The number of hydrogen-bond acceptors (Lipinski definition) is 5. The number of benzene rings is 1. The summed E-state index contributed by atoms with van der Waals surface area (Å²) in [6.45, 7) is 2.51. The Balaban J connectivity index is 1.69. The van der Waals surface area contributed by atoms with Crippen molar-refractivity contribution < 1.29 is 28.2 Å². The van der Waals surface area contributed by atoms with Gasteiger partial charge in [0.1, 0.15) is 22.2 Å². The molecule has 11 heteroatoms. The van der Waals surface area contributed by atoms with Crippen molar-refractivity contribution in [1.29, 1.82) is 0 Å². The number of aromatic nitrogens is 1. The molecular formula is C21H20ClF2N3O5. The van der Waals surface area contributed by atoms with E-state index in [0.717, 1.165) is 12.1 Å². The molecule has 1 saturated heterocycles. The number of nitrogens with one attached hydrogen (secondary N) is 1. The number of nitrogens with zero attached hydrogens (tertiary/aromatic N) is 2. The van der Waals surface area contributed by atoms with Gasteiger partial charge in [-0.15, -0.1) is 0 Å². The Bertz CT molecular complexity index is 1170. The van der Waals surface area contributed by atoms with Crippen molar-refractivity contribution in [2.45, 2.75) is 32.0 Å². The fourth-order valence-corrected chi connectivity index (χ4v) is 4.41. The van der Waals surface area contributed by atoms with E-state index in [0.29, 0.717) is 26.2 Å². The van der Waals surface area contributed by atoms with Crippen LogP contribution in [0.25, 0.3) is 0 Å². The standard InChI is InChI=1S/C21H20ClF2N3O5/c1-2-26-14-9-32-6-5-13(14)27-8-11(18(28)19(29)17(27)21(26)31)20(30)25-7-10-3-4-12(23)15(22)16(10)24/h3-4,8,13-14,29H,2,5-7,9H2,1H3,(H,25,30)/t13?,14-/m1/s1. The quantitative estimate of drug-likeness (QED) is 0.671. The minimum atomic E-state index is -1.02. The lowest BCUT2D eigenvalue weighted by Gasteiger charge is -2.45. The van der Waals surface area contributed by atoms with Crippen molar-refractivity contribution in [1.82, 2.24) is 14.8 Å². The summed E-state index contributed by atoms with van der Waals surface area (Å²) in [6, 6.07) is 1.49. The van der Waals surface area contributed by atoms with Gasteiger partial charge in [-0.25, -0.2) is 8.78 Å². The number of halogens is 3. The summed E-state index contributed by atoms with van der Waals surface area (Å²) in [5, 5.41) is 12.2. The second kappa shape index (κ2) is 8.51. The zero-order valence-corrected chi connectivity index (χ0v) is 17.8. The van der Waals surface area contributed by atoms with Gasteiger partial charge in [0, 0.05) is 31.5 Å². The molecule has 0 saturated carbocycles. The topological polar surface area (TPSA) is 101 Å². The number of aromatic hydroxyl groups is 1. The third kappa shape index (κ3) is 3.53. The summed E-state index contributed by atoms with van der Waals surface area (Å²) in [6.07, 6.45) is 1.76. The average Bonchev–Trinajstić information content (AvgIpc) is 2.79. The Morgan fingerprint density at radius 3 is 2.78 bits per heavy atom. The smallest absolute Gasteiger partial charge is 0.274 e. The number of pyridine rings is 1. The molecule has 1 aromatic heterocycles. The van der Waals surface area contributed by atoms with Gasteiger partial charge in [0.15, 0.2) is 11.4 Å². The van der Waals surface area contributed by atoms with Gasteiger partial charge >= 0.3 is 0 Å². The van der Waals surface area contributed by atoms with Crippen LogP contribution in [-0.4, -0.2) is 52.2 Å². The van der Waals surface area contributed by atoms with Crippen LogP contribution in [-0.2, 0) is 11.3 Å². The first kappa shape index (κ1) is 22.2. The van der Waals surface area contributed by atoms with Crippen molar-refractivity contribution in [2.75, 3.05) is 19.8 Å². The lowest BCUT2D eigenvalue weighted by atomic mass is 9.96. The van der Waals surface area contributed by atoms with Crippen LogP contribution in [0.2, 0.25) is 5.02 Å².